The molecule has 2 heterocycles. The highest BCUT2D eigenvalue weighted by Gasteiger charge is 2.17. The topological polar surface area (TPSA) is 83.6 Å². The van der Waals surface area contributed by atoms with Crippen LogP contribution in [0.5, 0.6) is 0 Å². The van der Waals surface area contributed by atoms with E-state index in [4.69, 9.17) is 0 Å². The SMILES string of the molecule is C[C@H](C(=O)Nc1n[nH]c(-c2cccc3ccccc23)n1)c1cccnc1. The number of hydrogen-bond donors (Lipinski definition) is 2. The maximum absolute atomic E-state index is 12.4. The van der Waals surface area contributed by atoms with Crippen LogP contribution in [-0.2, 0) is 4.79 Å². The molecule has 0 unspecified atom stereocenters. The van der Waals surface area contributed by atoms with Crippen molar-refractivity contribution >= 4 is 22.6 Å². The van der Waals surface area contributed by atoms with E-state index in [2.05, 4.69) is 25.5 Å². The van der Waals surface area contributed by atoms with Crippen molar-refractivity contribution in [3.05, 3.63) is 72.6 Å². The molecule has 0 saturated heterocycles. The number of nitrogens with zero attached hydrogens (tertiary/aromatic N) is 3. The third kappa shape index (κ3) is 3.04. The van der Waals surface area contributed by atoms with Gasteiger partial charge in [0.1, 0.15) is 0 Å². The zero-order valence-corrected chi connectivity index (χ0v) is 14.2. The summed E-state index contributed by atoms with van der Waals surface area (Å²) in [6.45, 7) is 1.82. The van der Waals surface area contributed by atoms with Gasteiger partial charge in [-0.25, -0.2) is 0 Å². The first-order chi connectivity index (χ1) is 12.7. The first kappa shape index (κ1) is 16.0. The summed E-state index contributed by atoms with van der Waals surface area (Å²) >= 11 is 0. The third-order valence-electron chi connectivity index (χ3n) is 4.34. The molecule has 0 bridgehead atoms. The summed E-state index contributed by atoms with van der Waals surface area (Å²) in [5, 5.41) is 12.0. The van der Waals surface area contributed by atoms with Gasteiger partial charge in [0, 0.05) is 18.0 Å². The Morgan fingerprint density at radius 3 is 2.77 bits per heavy atom. The van der Waals surface area contributed by atoms with Crippen LogP contribution in [0.2, 0.25) is 0 Å². The van der Waals surface area contributed by atoms with E-state index >= 15 is 0 Å². The van der Waals surface area contributed by atoms with Crippen LogP contribution in [-0.4, -0.2) is 26.1 Å². The quantitative estimate of drug-likeness (QED) is 0.591. The maximum atomic E-state index is 12.4. The minimum atomic E-state index is -0.344. The smallest absolute Gasteiger partial charge is 0.249 e. The molecule has 6 heteroatoms. The summed E-state index contributed by atoms with van der Waals surface area (Å²) in [4.78, 5) is 20.9. The fourth-order valence-electron chi connectivity index (χ4n) is 2.87. The summed E-state index contributed by atoms with van der Waals surface area (Å²) in [6, 6.07) is 17.8. The molecule has 0 radical (unpaired) electrons. The van der Waals surface area contributed by atoms with Gasteiger partial charge in [0.2, 0.25) is 11.9 Å². The van der Waals surface area contributed by atoms with Crippen molar-refractivity contribution in [1.82, 2.24) is 20.2 Å². The number of fused-ring (bicyclic) bond motifs is 1. The summed E-state index contributed by atoms with van der Waals surface area (Å²) in [5.74, 6) is 0.351. The van der Waals surface area contributed by atoms with Crippen LogP contribution in [0, 0.1) is 0 Å². The minimum absolute atomic E-state index is 0.179. The van der Waals surface area contributed by atoms with Gasteiger partial charge in [0.15, 0.2) is 5.82 Å². The molecule has 128 valence electrons. The summed E-state index contributed by atoms with van der Waals surface area (Å²) in [6.07, 6.45) is 3.36. The summed E-state index contributed by atoms with van der Waals surface area (Å²) in [5.41, 5.74) is 1.78. The van der Waals surface area contributed by atoms with Gasteiger partial charge < -0.3 is 0 Å². The average molecular weight is 343 g/mol. The molecule has 0 aliphatic rings. The van der Waals surface area contributed by atoms with E-state index < -0.39 is 0 Å². The molecule has 0 aliphatic carbocycles. The van der Waals surface area contributed by atoms with Crippen LogP contribution in [0.25, 0.3) is 22.2 Å². The second kappa shape index (κ2) is 6.76. The molecule has 26 heavy (non-hydrogen) atoms. The molecular weight excluding hydrogens is 326 g/mol. The minimum Gasteiger partial charge on any atom is -0.293 e. The fraction of sp³-hybridized carbons (Fsp3) is 0.100. The van der Waals surface area contributed by atoms with Gasteiger partial charge in [-0.15, -0.1) is 5.10 Å². The molecule has 4 rings (SSSR count). The van der Waals surface area contributed by atoms with E-state index in [-0.39, 0.29) is 17.8 Å². The highest BCUT2D eigenvalue weighted by molar-refractivity contribution is 5.96. The van der Waals surface area contributed by atoms with Crippen LogP contribution >= 0.6 is 0 Å². The second-order valence-electron chi connectivity index (χ2n) is 6.03. The molecule has 2 N–H and O–H groups in total. The number of benzene rings is 2. The normalized spacial score (nSPS) is 12.0. The highest BCUT2D eigenvalue weighted by Crippen LogP contribution is 2.26. The van der Waals surface area contributed by atoms with Gasteiger partial charge in [-0.1, -0.05) is 48.5 Å². The number of pyridine rings is 1. The van der Waals surface area contributed by atoms with Crippen molar-refractivity contribution in [3.63, 3.8) is 0 Å². The zero-order chi connectivity index (χ0) is 17.9. The Bertz CT molecular complexity index is 1050. The molecule has 2 aromatic heterocycles. The summed E-state index contributed by atoms with van der Waals surface area (Å²) < 4.78 is 0. The van der Waals surface area contributed by atoms with Crippen molar-refractivity contribution in [2.45, 2.75) is 12.8 Å². The van der Waals surface area contributed by atoms with Crippen molar-refractivity contribution in [2.24, 2.45) is 0 Å². The Hall–Kier alpha value is -3.54. The van der Waals surface area contributed by atoms with Crippen molar-refractivity contribution in [1.29, 1.82) is 0 Å². The first-order valence-electron chi connectivity index (χ1n) is 8.34. The van der Waals surface area contributed by atoms with E-state index in [0.29, 0.717) is 5.82 Å². The Labute approximate surface area is 150 Å². The second-order valence-corrected chi connectivity index (χ2v) is 6.03. The Morgan fingerprint density at radius 2 is 1.92 bits per heavy atom. The molecule has 0 fully saturated rings. The molecule has 4 aromatic rings. The van der Waals surface area contributed by atoms with Gasteiger partial charge in [0.25, 0.3) is 0 Å². The number of nitrogens with one attached hydrogen (secondary N) is 2. The van der Waals surface area contributed by atoms with Crippen molar-refractivity contribution in [3.8, 4) is 11.4 Å². The number of amides is 1. The predicted molar refractivity (Wildman–Crippen MR) is 101 cm³/mol. The van der Waals surface area contributed by atoms with Gasteiger partial charge >= 0.3 is 0 Å². The molecular formula is C20H17N5O. The standard InChI is InChI=1S/C20H17N5O/c1-13(15-8-5-11-21-12-15)19(26)23-20-22-18(24-25-20)17-10-4-7-14-6-2-3-9-16(14)17/h2-13H,1H3,(H2,22,23,24,25,26)/t13-/m0/s1. The van der Waals surface area contributed by atoms with E-state index in [1.807, 2.05) is 61.5 Å². The lowest BCUT2D eigenvalue weighted by atomic mass is 10.0. The largest absolute Gasteiger partial charge is 0.293 e. The number of H-pyrrole nitrogens is 1. The number of aromatic amines is 1. The Kier molecular flexibility index (Phi) is 4.15. The molecule has 0 spiro atoms. The lowest BCUT2D eigenvalue weighted by Crippen LogP contribution is -2.19. The van der Waals surface area contributed by atoms with Gasteiger partial charge in [-0.2, -0.15) is 4.98 Å². The highest BCUT2D eigenvalue weighted by atomic mass is 16.2. The van der Waals surface area contributed by atoms with E-state index in [1.165, 1.54) is 0 Å². The van der Waals surface area contributed by atoms with Gasteiger partial charge in [-0.3, -0.25) is 20.2 Å². The molecule has 1 atom stereocenters. The van der Waals surface area contributed by atoms with Crippen LogP contribution in [0.15, 0.2) is 67.0 Å². The lowest BCUT2D eigenvalue weighted by molar-refractivity contribution is -0.117. The fourth-order valence-corrected chi connectivity index (χ4v) is 2.87. The van der Waals surface area contributed by atoms with Crippen LogP contribution in [0.1, 0.15) is 18.4 Å². The van der Waals surface area contributed by atoms with Crippen molar-refractivity contribution in [2.75, 3.05) is 5.32 Å². The Morgan fingerprint density at radius 1 is 1.08 bits per heavy atom. The first-order valence-corrected chi connectivity index (χ1v) is 8.34. The van der Waals surface area contributed by atoms with Crippen molar-refractivity contribution < 1.29 is 4.79 Å². The predicted octanol–water partition coefficient (Wildman–Crippen LogP) is 3.76. The maximum Gasteiger partial charge on any atom is 0.249 e. The average Bonchev–Trinajstić information content (AvgIpc) is 3.15. The molecule has 6 nitrogen and oxygen atoms in total. The monoisotopic (exact) mass is 343 g/mol. The lowest BCUT2D eigenvalue weighted by Gasteiger charge is -2.09. The number of aromatic nitrogens is 4. The number of carbonyl (C=O) groups is 1. The number of hydrogen-bond acceptors (Lipinski definition) is 4. The van der Waals surface area contributed by atoms with E-state index in [0.717, 1.165) is 21.9 Å². The molecule has 2 aromatic carbocycles. The molecule has 1 amide bonds. The molecule has 0 aliphatic heterocycles. The zero-order valence-electron chi connectivity index (χ0n) is 14.2. The van der Waals surface area contributed by atoms with Gasteiger partial charge in [-0.05, 0) is 29.3 Å². The number of anilines is 1. The van der Waals surface area contributed by atoms with E-state index in [1.54, 1.807) is 12.4 Å². The van der Waals surface area contributed by atoms with Crippen LogP contribution < -0.4 is 5.32 Å². The summed E-state index contributed by atoms with van der Waals surface area (Å²) in [7, 11) is 0. The third-order valence-corrected chi connectivity index (χ3v) is 4.34. The number of rotatable bonds is 4. The van der Waals surface area contributed by atoms with Gasteiger partial charge in [0.05, 0.1) is 5.92 Å². The van der Waals surface area contributed by atoms with Crippen LogP contribution in [0.4, 0.5) is 5.95 Å². The van der Waals surface area contributed by atoms with Crippen LogP contribution in [0.3, 0.4) is 0 Å². The number of carbonyl (C=O) groups excluding carboxylic acids is 1. The van der Waals surface area contributed by atoms with E-state index in [9.17, 15) is 4.79 Å². The Balaban J connectivity index is 1.57. The molecule has 0 saturated carbocycles.